The highest BCUT2D eigenvalue weighted by Crippen LogP contribution is 2.30. The van der Waals surface area contributed by atoms with E-state index in [2.05, 4.69) is 25.3 Å². The quantitative estimate of drug-likeness (QED) is 0.291. The van der Waals surface area contributed by atoms with Crippen molar-refractivity contribution in [2.45, 2.75) is 47.4 Å². The molecule has 0 fully saturated rings. The van der Waals surface area contributed by atoms with Crippen LogP contribution in [0.2, 0.25) is 0 Å². The third-order valence-electron chi connectivity index (χ3n) is 3.77. The average molecular weight is 524 g/mol. The predicted octanol–water partition coefficient (Wildman–Crippen LogP) is 4.16. The Morgan fingerprint density at radius 2 is 1.97 bits per heavy atom. The molecule has 1 aromatic carbocycles. The molecule has 0 bridgehead atoms. The van der Waals surface area contributed by atoms with Gasteiger partial charge in [-0.1, -0.05) is 6.07 Å². The van der Waals surface area contributed by atoms with Crippen LogP contribution in [0.3, 0.4) is 0 Å². The summed E-state index contributed by atoms with van der Waals surface area (Å²) < 4.78 is 40.4. The number of aryl methyl sites for hydroxylation is 2. The number of hydrogen-bond acceptors (Lipinski definition) is 5. The summed E-state index contributed by atoms with van der Waals surface area (Å²) in [5.41, 5.74) is 1.65. The Balaban J connectivity index is 0.00000420. The minimum Gasteiger partial charge on any atom is -0.490 e. The Hall–Kier alpha value is -2.11. The Bertz CT molecular complexity index is 780. The maximum atomic E-state index is 12.5. The van der Waals surface area contributed by atoms with E-state index in [0.717, 1.165) is 17.0 Å². The van der Waals surface area contributed by atoms with Crippen LogP contribution in [-0.2, 0) is 13.1 Å². The molecule has 0 aliphatic carbocycles. The highest BCUT2D eigenvalue weighted by Gasteiger charge is 2.12. The Kier molecular flexibility index (Phi) is 10.7. The van der Waals surface area contributed by atoms with Crippen molar-refractivity contribution < 1.29 is 22.7 Å². The second-order valence-electron chi connectivity index (χ2n) is 5.89. The molecule has 0 radical (unpaired) electrons. The van der Waals surface area contributed by atoms with Crippen LogP contribution in [0.25, 0.3) is 0 Å². The van der Waals surface area contributed by atoms with E-state index in [1.807, 2.05) is 20.8 Å². The number of nitrogens with zero attached hydrogens (tertiary/aromatic N) is 2. The summed E-state index contributed by atoms with van der Waals surface area (Å²) in [6, 6.07) is 4.78. The van der Waals surface area contributed by atoms with E-state index in [9.17, 15) is 8.78 Å². The van der Waals surface area contributed by atoms with Crippen LogP contribution in [0.1, 0.15) is 36.8 Å². The lowest BCUT2D eigenvalue weighted by Gasteiger charge is -2.13. The van der Waals surface area contributed by atoms with Gasteiger partial charge in [0.05, 0.1) is 25.4 Å². The molecule has 2 aromatic rings. The summed E-state index contributed by atoms with van der Waals surface area (Å²) in [6.07, 6.45) is 0. The van der Waals surface area contributed by atoms with E-state index in [-0.39, 0.29) is 35.5 Å². The van der Waals surface area contributed by atoms with Crippen LogP contribution in [0, 0.1) is 13.8 Å². The van der Waals surface area contributed by atoms with Crippen molar-refractivity contribution in [1.29, 1.82) is 0 Å². The second kappa shape index (κ2) is 12.5. The fourth-order valence-electron chi connectivity index (χ4n) is 2.40. The minimum atomic E-state index is -2.91. The molecule has 0 aliphatic rings. The van der Waals surface area contributed by atoms with Gasteiger partial charge in [-0.2, -0.15) is 8.78 Å². The van der Waals surface area contributed by atoms with E-state index in [0.29, 0.717) is 38.1 Å². The highest BCUT2D eigenvalue weighted by atomic mass is 127. The molecule has 1 aromatic heterocycles. The first kappa shape index (κ1) is 24.9. The third kappa shape index (κ3) is 8.03. The predicted molar refractivity (Wildman–Crippen MR) is 117 cm³/mol. The second-order valence-corrected chi connectivity index (χ2v) is 5.89. The summed E-state index contributed by atoms with van der Waals surface area (Å²) in [7, 11) is 0. The van der Waals surface area contributed by atoms with Gasteiger partial charge in [0.1, 0.15) is 5.76 Å². The van der Waals surface area contributed by atoms with Gasteiger partial charge in [-0.15, -0.1) is 24.0 Å². The number of halogens is 3. The highest BCUT2D eigenvalue weighted by molar-refractivity contribution is 14.0. The van der Waals surface area contributed by atoms with Crippen molar-refractivity contribution in [3.05, 3.63) is 41.1 Å². The number of nitrogens with one attached hydrogen (secondary N) is 2. The van der Waals surface area contributed by atoms with Gasteiger partial charge in [0.15, 0.2) is 17.5 Å². The van der Waals surface area contributed by atoms with Crippen molar-refractivity contribution in [3.63, 3.8) is 0 Å². The first-order valence-electron chi connectivity index (χ1n) is 9.08. The molecule has 2 rings (SSSR count). The molecule has 7 nitrogen and oxygen atoms in total. The summed E-state index contributed by atoms with van der Waals surface area (Å²) >= 11 is 0. The normalized spacial score (nSPS) is 11.2. The largest absolute Gasteiger partial charge is 0.490 e. The molecule has 0 saturated heterocycles. The average Bonchev–Trinajstić information content (AvgIpc) is 2.97. The summed E-state index contributed by atoms with van der Waals surface area (Å²) in [5, 5.41) is 6.29. The van der Waals surface area contributed by atoms with Crippen molar-refractivity contribution in [3.8, 4) is 11.5 Å². The monoisotopic (exact) mass is 524 g/mol. The van der Waals surface area contributed by atoms with Gasteiger partial charge >= 0.3 is 6.61 Å². The lowest BCUT2D eigenvalue weighted by molar-refractivity contribution is -0.0514. The van der Waals surface area contributed by atoms with Crippen LogP contribution in [0.4, 0.5) is 8.78 Å². The number of guanidine groups is 1. The molecule has 0 atom stereocenters. The SMILES string of the molecule is CCNC(=NCc1ccc(OC(F)F)c(OCC)c1)NCc1nc(C)c(C)o1.I. The van der Waals surface area contributed by atoms with Crippen LogP contribution in [0.15, 0.2) is 27.6 Å². The number of rotatable bonds is 9. The maximum absolute atomic E-state index is 12.5. The molecule has 0 aliphatic heterocycles. The molecular formula is C19H27F2IN4O3. The van der Waals surface area contributed by atoms with E-state index >= 15 is 0 Å². The summed E-state index contributed by atoms with van der Waals surface area (Å²) in [4.78, 5) is 8.82. The minimum absolute atomic E-state index is 0. The molecule has 0 spiro atoms. The molecule has 29 heavy (non-hydrogen) atoms. The lowest BCUT2D eigenvalue weighted by atomic mass is 10.2. The third-order valence-corrected chi connectivity index (χ3v) is 3.77. The number of benzene rings is 1. The Morgan fingerprint density at radius 3 is 2.55 bits per heavy atom. The van der Waals surface area contributed by atoms with Gasteiger partial charge in [-0.25, -0.2) is 9.98 Å². The summed E-state index contributed by atoms with van der Waals surface area (Å²) in [6.45, 7) is 6.32. The summed E-state index contributed by atoms with van der Waals surface area (Å²) in [5.74, 6) is 2.21. The van der Waals surface area contributed by atoms with Crippen LogP contribution in [0.5, 0.6) is 11.5 Å². The fourth-order valence-corrected chi connectivity index (χ4v) is 2.40. The molecule has 10 heteroatoms. The van der Waals surface area contributed by atoms with Crippen molar-refractivity contribution in [1.82, 2.24) is 15.6 Å². The zero-order valence-corrected chi connectivity index (χ0v) is 19.3. The lowest BCUT2D eigenvalue weighted by Crippen LogP contribution is -2.36. The van der Waals surface area contributed by atoms with Crippen molar-refractivity contribution in [2.24, 2.45) is 4.99 Å². The topological polar surface area (TPSA) is 80.9 Å². The zero-order valence-electron chi connectivity index (χ0n) is 16.9. The smallest absolute Gasteiger partial charge is 0.387 e. The number of aliphatic imine (C=N–C) groups is 1. The van der Waals surface area contributed by atoms with E-state index < -0.39 is 6.61 Å². The van der Waals surface area contributed by atoms with Crippen LogP contribution < -0.4 is 20.1 Å². The van der Waals surface area contributed by atoms with Crippen LogP contribution >= 0.6 is 24.0 Å². The van der Waals surface area contributed by atoms with E-state index in [1.165, 1.54) is 6.07 Å². The number of oxazole rings is 1. The Labute approximate surface area is 186 Å². The molecular weight excluding hydrogens is 497 g/mol. The van der Waals surface area contributed by atoms with Crippen molar-refractivity contribution >= 4 is 29.9 Å². The van der Waals surface area contributed by atoms with Crippen LogP contribution in [-0.4, -0.2) is 30.7 Å². The molecule has 2 N–H and O–H groups in total. The number of alkyl halides is 2. The van der Waals surface area contributed by atoms with Crippen molar-refractivity contribution in [2.75, 3.05) is 13.2 Å². The molecule has 1 heterocycles. The maximum Gasteiger partial charge on any atom is 0.387 e. The first-order chi connectivity index (χ1) is 13.4. The van der Waals surface area contributed by atoms with Gasteiger partial charge in [0.25, 0.3) is 0 Å². The molecule has 162 valence electrons. The molecule has 0 saturated carbocycles. The van der Waals surface area contributed by atoms with Gasteiger partial charge in [0.2, 0.25) is 5.89 Å². The zero-order chi connectivity index (χ0) is 20.5. The van der Waals surface area contributed by atoms with Gasteiger partial charge in [-0.3, -0.25) is 0 Å². The molecule has 0 unspecified atom stereocenters. The van der Waals surface area contributed by atoms with E-state index in [4.69, 9.17) is 9.15 Å². The first-order valence-corrected chi connectivity index (χ1v) is 9.08. The molecule has 0 amide bonds. The Morgan fingerprint density at radius 1 is 1.21 bits per heavy atom. The number of hydrogen-bond donors (Lipinski definition) is 2. The fraction of sp³-hybridized carbons (Fsp3) is 0.474. The van der Waals surface area contributed by atoms with Gasteiger partial charge < -0.3 is 24.5 Å². The van der Waals surface area contributed by atoms with E-state index in [1.54, 1.807) is 19.1 Å². The number of ether oxygens (including phenoxy) is 2. The number of aromatic nitrogens is 1. The standard InChI is InChI=1S/C19H26F2N4O3.HI/c1-5-22-19(24-11-17-25-12(3)13(4)27-17)23-10-14-7-8-15(28-18(20)21)16(9-14)26-6-2;/h7-9,18H,5-6,10-11H2,1-4H3,(H2,22,23,24);1H. The van der Waals surface area contributed by atoms with Gasteiger partial charge in [-0.05, 0) is 45.4 Å². The van der Waals surface area contributed by atoms with Gasteiger partial charge in [0, 0.05) is 6.54 Å².